The van der Waals surface area contributed by atoms with Crippen molar-refractivity contribution in [2.75, 3.05) is 19.3 Å². The molecule has 0 saturated carbocycles. The van der Waals surface area contributed by atoms with E-state index in [2.05, 4.69) is 13.2 Å². The molecule has 0 aliphatic heterocycles. The van der Waals surface area contributed by atoms with E-state index >= 15 is 0 Å². The maximum absolute atomic E-state index is 9.74. The Bertz CT molecular complexity index is 225. The van der Waals surface area contributed by atoms with Crippen molar-refractivity contribution in [3.05, 3.63) is 25.3 Å². The molecule has 4 nitrogen and oxygen atoms in total. The summed E-state index contributed by atoms with van der Waals surface area (Å²) < 4.78 is 1.52. The van der Waals surface area contributed by atoms with Crippen molar-refractivity contribution in [3.8, 4) is 6.07 Å². The van der Waals surface area contributed by atoms with Gasteiger partial charge in [-0.2, -0.15) is 0 Å². The molecule has 2 N–H and O–H groups in total. The fourth-order valence-electron chi connectivity index (χ4n) is 1.06. The first-order valence-corrected chi connectivity index (χ1v) is 6.42. The molecule has 0 heterocycles. The maximum atomic E-state index is 9.74. The third-order valence-corrected chi connectivity index (χ3v) is 4.08. The molecule has 0 fully saturated rings. The number of hydrogen-bond donors (Lipinski definition) is 2. The Balaban J connectivity index is 4.35. The summed E-state index contributed by atoms with van der Waals surface area (Å²) >= 11 is 0. The van der Waals surface area contributed by atoms with Gasteiger partial charge in [0.1, 0.15) is 0 Å². The SMILES string of the molecule is C=CCN(CC=C)[PH](O)(O)CCC#N. The molecule has 0 aromatic heterocycles. The molecule has 0 aromatic rings. The Hall–Kier alpha value is -0.720. The van der Waals surface area contributed by atoms with E-state index in [4.69, 9.17) is 5.26 Å². The second-order valence-corrected chi connectivity index (χ2v) is 5.60. The van der Waals surface area contributed by atoms with Gasteiger partial charge < -0.3 is 0 Å². The number of rotatable bonds is 7. The van der Waals surface area contributed by atoms with E-state index in [0.717, 1.165) is 0 Å². The van der Waals surface area contributed by atoms with Crippen molar-refractivity contribution >= 4 is 7.87 Å². The minimum atomic E-state index is -3.43. The van der Waals surface area contributed by atoms with Crippen LogP contribution < -0.4 is 0 Å². The topological polar surface area (TPSA) is 67.5 Å². The van der Waals surface area contributed by atoms with Gasteiger partial charge in [-0.15, -0.1) is 0 Å². The van der Waals surface area contributed by atoms with Gasteiger partial charge in [0.15, 0.2) is 0 Å². The molecule has 0 aliphatic carbocycles. The number of hydrogen-bond acceptors (Lipinski definition) is 4. The number of nitrogens with zero attached hydrogens (tertiary/aromatic N) is 2. The van der Waals surface area contributed by atoms with E-state index in [1.165, 1.54) is 4.67 Å². The Morgan fingerprint density at radius 2 is 1.79 bits per heavy atom. The van der Waals surface area contributed by atoms with Gasteiger partial charge in [0.25, 0.3) is 0 Å². The predicted octanol–water partition coefficient (Wildman–Crippen LogP) is 1.05. The average molecular weight is 216 g/mol. The summed E-state index contributed by atoms with van der Waals surface area (Å²) in [6.45, 7) is 7.87. The van der Waals surface area contributed by atoms with Crippen LogP contribution in [-0.4, -0.2) is 33.7 Å². The fraction of sp³-hybridized carbons (Fsp3) is 0.444. The average Bonchev–Trinajstić information content (AvgIpc) is 2.14. The molecular weight excluding hydrogens is 199 g/mol. The quantitative estimate of drug-likeness (QED) is 0.493. The zero-order valence-electron chi connectivity index (χ0n) is 8.19. The molecule has 0 rings (SSSR count). The molecule has 0 aliphatic rings. The fourth-order valence-corrected chi connectivity index (χ4v) is 2.67. The molecular formula is C9H17N2O2P. The van der Waals surface area contributed by atoms with Crippen LogP contribution in [0, 0.1) is 11.3 Å². The first-order chi connectivity index (χ1) is 6.58. The van der Waals surface area contributed by atoms with E-state index in [0.29, 0.717) is 13.1 Å². The van der Waals surface area contributed by atoms with E-state index in [-0.39, 0.29) is 12.6 Å². The molecule has 5 heteroatoms. The predicted molar refractivity (Wildman–Crippen MR) is 59.8 cm³/mol. The monoisotopic (exact) mass is 216 g/mol. The molecule has 14 heavy (non-hydrogen) atoms. The molecule has 0 bridgehead atoms. The van der Waals surface area contributed by atoms with Crippen molar-refractivity contribution in [3.63, 3.8) is 0 Å². The second kappa shape index (κ2) is 6.69. The summed E-state index contributed by atoms with van der Waals surface area (Å²) in [5.41, 5.74) is 0. The second-order valence-electron chi connectivity index (χ2n) is 2.91. The summed E-state index contributed by atoms with van der Waals surface area (Å²) in [5.74, 6) is 0. The first kappa shape index (κ1) is 13.3. The van der Waals surface area contributed by atoms with Gasteiger partial charge in [0.05, 0.1) is 0 Å². The van der Waals surface area contributed by atoms with E-state index in [9.17, 15) is 9.79 Å². The summed E-state index contributed by atoms with van der Waals surface area (Å²) in [6, 6.07) is 1.90. The zero-order chi connectivity index (χ0) is 11.0. The van der Waals surface area contributed by atoms with E-state index < -0.39 is 7.87 Å². The third kappa shape index (κ3) is 4.50. The van der Waals surface area contributed by atoms with Crippen LogP contribution >= 0.6 is 7.87 Å². The molecule has 0 saturated heterocycles. The molecule has 0 aromatic carbocycles. The Morgan fingerprint density at radius 1 is 1.29 bits per heavy atom. The van der Waals surface area contributed by atoms with Crippen molar-refractivity contribution in [1.29, 1.82) is 5.26 Å². The third-order valence-electron chi connectivity index (χ3n) is 1.78. The normalized spacial score (nSPS) is 12.1. The van der Waals surface area contributed by atoms with Crippen LogP contribution in [0.15, 0.2) is 25.3 Å². The van der Waals surface area contributed by atoms with Gasteiger partial charge in [-0.25, -0.2) is 0 Å². The summed E-state index contributed by atoms with van der Waals surface area (Å²) in [4.78, 5) is 19.5. The van der Waals surface area contributed by atoms with Crippen LogP contribution in [-0.2, 0) is 0 Å². The Kier molecular flexibility index (Phi) is 6.35. The van der Waals surface area contributed by atoms with Crippen molar-refractivity contribution in [2.45, 2.75) is 6.42 Å². The van der Waals surface area contributed by atoms with Crippen LogP contribution in [0.4, 0.5) is 0 Å². The van der Waals surface area contributed by atoms with Gasteiger partial charge in [-0.05, 0) is 0 Å². The van der Waals surface area contributed by atoms with E-state index in [1.54, 1.807) is 12.2 Å². The molecule has 0 radical (unpaired) electrons. The summed E-state index contributed by atoms with van der Waals surface area (Å²) in [6.07, 6.45) is 3.49. The van der Waals surface area contributed by atoms with Crippen molar-refractivity contribution in [1.82, 2.24) is 4.67 Å². The molecule has 0 spiro atoms. The first-order valence-electron chi connectivity index (χ1n) is 4.37. The van der Waals surface area contributed by atoms with Gasteiger partial charge in [-0.3, -0.25) is 0 Å². The van der Waals surface area contributed by atoms with Crippen LogP contribution in [0.2, 0.25) is 0 Å². The standard InChI is InChI=1S/C9H17N2O2P/c1-3-7-11(8-4-2)14(12,13)9-5-6-10/h3-4,12-14H,1-2,5,7-9H2. The van der Waals surface area contributed by atoms with Crippen LogP contribution in [0.1, 0.15) is 6.42 Å². The van der Waals surface area contributed by atoms with Gasteiger partial charge in [0, 0.05) is 0 Å². The van der Waals surface area contributed by atoms with Crippen LogP contribution in [0.3, 0.4) is 0 Å². The van der Waals surface area contributed by atoms with Gasteiger partial charge in [0.2, 0.25) is 0 Å². The van der Waals surface area contributed by atoms with Gasteiger partial charge >= 0.3 is 84.6 Å². The Labute approximate surface area is 85.3 Å². The van der Waals surface area contributed by atoms with Crippen LogP contribution in [0.5, 0.6) is 0 Å². The van der Waals surface area contributed by atoms with Crippen LogP contribution in [0.25, 0.3) is 0 Å². The summed E-state index contributed by atoms with van der Waals surface area (Å²) in [5, 5.41) is 8.36. The molecule has 80 valence electrons. The molecule has 0 atom stereocenters. The van der Waals surface area contributed by atoms with Gasteiger partial charge in [-0.1, -0.05) is 0 Å². The molecule has 0 unspecified atom stereocenters. The van der Waals surface area contributed by atoms with Crippen molar-refractivity contribution < 1.29 is 9.79 Å². The summed E-state index contributed by atoms with van der Waals surface area (Å²) in [7, 11) is -3.43. The number of nitriles is 1. The molecule has 0 amide bonds. The van der Waals surface area contributed by atoms with Crippen molar-refractivity contribution in [2.24, 2.45) is 0 Å². The van der Waals surface area contributed by atoms with E-state index in [1.807, 2.05) is 6.07 Å². The zero-order valence-corrected chi connectivity index (χ0v) is 9.19. The minimum absolute atomic E-state index is 0.130. The Morgan fingerprint density at radius 3 is 2.14 bits per heavy atom.